The molecule has 0 fully saturated rings. The molecule has 0 bridgehead atoms. The molecule has 0 aliphatic rings. The van der Waals surface area contributed by atoms with Gasteiger partial charge in [-0.05, 0) is 133 Å². The summed E-state index contributed by atoms with van der Waals surface area (Å²) in [5, 5.41) is 36.2. The van der Waals surface area contributed by atoms with Gasteiger partial charge in [0.1, 0.15) is 46.0 Å². The first-order valence-electron chi connectivity index (χ1n) is 41.9. The summed E-state index contributed by atoms with van der Waals surface area (Å²) in [6, 6.07) is 43.4. The van der Waals surface area contributed by atoms with Gasteiger partial charge in [0, 0.05) is 187 Å². The van der Waals surface area contributed by atoms with Crippen LogP contribution >= 0.6 is 0 Å². The lowest BCUT2D eigenvalue weighted by Gasteiger charge is -2.12. The van der Waals surface area contributed by atoms with Gasteiger partial charge in [0.15, 0.2) is 45.9 Å². The molecule has 20 heterocycles. The Morgan fingerprint density at radius 1 is 0.306 bits per heavy atom. The zero-order chi connectivity index (χ0) is 91.0. The number of nitrogen functional groups attached to an aromatic ring is 1. The van der Waals surface area contributed by atoms with E-state index in [1.807, 2.05) is 125 Å². The monoisotopic (exact) mass is 1770 g/mol. The molecule has 11 N–H and O–H groups in total. The van der Waals surface area contributed by atoms with E-state index in [4.69, 9.17) is 25.7 Å². The Bertz CT molecular complexity index is 8530. The number of hydrogen-bond acceptors (Lipinski definition) is 24. The molecule has 0 atom stereocenters. The fourth-order valence-corrected chi connectivity index (χ4v) is 15.7. The molecule has 0 spiro atoms. The molecule has 0 saturated heterocycles. The maximum atomic E-state index is 13.9. The van der Waals surface area contributed by atoms with E-state index in [2.05, 4.69) is 143 Å². The zero-order valence-electron chi connectivity index (χ0n) is 71.3. The number of imidazole rings is 4. The van der Waals surface area contributed by atoms with E-state index in [0.717, 1.165) is 141 Å². The molecule has 0 amide bonds. The molecule has 20 aromatic heterocycles. The Kier molecular flexibility index (Phi) is 21.7. The smallest absolute Gasteiger partial charge is 0.181 e. The summed E-state index contributed by atoms with van der Waals surface area (Å²) in [5.41, 5.74) is 32.4. The first-order valence-corrected chi connectivity index (χ1v) is 41.9. The molecule has 0 radical (unpaired) electrons. The molecule has 0 aliphatic carbocycles. The van der Waals surface area contributed by atoms with Gasteiger partial charge in [-0.25, -0.2) is 57.4 Å². The Balaban J connectivity index is 0.000000107. The number of hydrogen-bond donors (Lipinski definition) is 10. The Labute approximate surface area is 755 Å². The third kappa shape index (κ3) is 16.7. The maximum Gasteiger partial charge on any atom is 0.181 e. The lowest BCUT2D eigenvalue weighted by Crippen LogP contribution is -2.20. The van der Waals surface area contributed by atoms with Gasteiger partial charge in [-0.3, -0.25) is 60.3 Å². The van der Waals surface area contributed by atoms with Crippen LogP contribution in [0.1, 0.15) is 0 Å². The van der Waals surface area contributed by atoms with Crippen molar-refractivity contribution in [3.63, 3.8) is 0 Å². The fraction of sp³-hybridized carbons (Fsp3) is 0.0612. The van der Waals surface area contributed by atoms with Crippen molar-refractivity contribution in [3.05, 3.63) is 299 Å². The minimum Gasteiger partial charge on any atom is -0.397 e. The molecule has 36 heteroatoms. The molecule has 24 rings (SSSR count). The molecular weight excluding hydrogens is 1700 g/mol. The van der Waals surface area contributed by atoms with Gasteiger partial charge in [0.2, 0.25) is 0 Å². The number of fused-ring (bicyclic) bond motifs is 8. The second kappa shape index (κ2) is 35.3. The van der Waals surface area contributed by atoms with Crippen LogP contribution in [0.5, 0.6) is 0 Å². The van der Waals surface area contributed by atoms with Crippen LogP contribution in [0.15, 0.2) is 276 Å². The van der Waals surface area contributed by atoms with Crippen molar-refractivity contribution < 1.29 is 17.6 Å². The molecule has 0 saturated carbocycles. The maximum absolute atomic E-state index is 13.9. The number of anilines is 3. The number of aromatic nitrogens is 28. The number of pyridine rings is 12. The fourth-order valence-electron chi connectivity index (χ4n) is 15.7. The molecule has 32 nitrogen and oxygen atoms in total. The van der Waals surface area contributed by atoms with Crippen LogP contribution in [-0.4, -0.2) is 187 Å². The van der Waals surface area contributed by atoms with Crippen LogP contribution in [0.2, 0.25) is 0 Å². The van der Waals surface area contributed by atoms with Crippen molar-refractivity contribution in [1.82, 2.24) is 145 Å². The third-order valence-electron chi connectivity index (χ3n) is 22.3. The van der Waals surface area contributed by atoms with Crippen LogP contribution in [0.3, 0.4) is 0 Å². The number of H-pyrrole nitrogens is 8. The Hall–Kier alpha value is -18.5. The van der Waals surface area contributed by atoms with Crippen molar-refractivity contribution in [1.29, 1.82) is 0 Å². The van der Waals surface area contributed by atoms with E-state index in [0.29, 0.717) is 113 Å². The molecule has 134 heavy (non-hydrogen) atoms. The van der Waals surface area contributed by atoms with Crippen LogP contribution in [0.25, 0.3) is 223 Å². The number of halogens is 4. The van der Waals surface area contributed by atoms with E-state index in [1.54, 1.807) is 123 Å². The van der Waals surface area contributed by atoms with Crippen LogP contribution < -0.4 is 16.0 Å². The topological polar surface area (TPSA) is 429 Å². The summed E-state index contributed by atoms with van der Waals surface area (Å²) in [4.78, 5) is 88.9. The van der Waals surface area contributed by atoms with Crippen molar-refractivity contribution >= 4 is 105 Å². The summed E-state index contributed by atoms with van der Waals surface area (Å²) in [7, 11) is 8.04. The van der Waals surface area contributed by atoms with Crippen LogP contribution in [0.4, 0.5) is 34.6 Å². The quantitative estimate of drug-likeness (QED) is 0.0379. The average molecular weight is 1770 g/mol. The largest absolute Gasteiger partial charge is 0.397 e. The summed E-state index contributed by atoms with van der Waals surface area (Å²) < 4.78 is 55.2. The standard InChI is InChI=1S/C27H24FN9.C25H19FN8.C23H15FN8.C23H14FN7/c1-37(2)7-6-31-20-9-17(11-29-13-20)18-10-21-25(35-36-26(21)32-12-18)27-33-23-15-30-14-22(24(23)34-27)16-4-3-5-19(28)8-16;1-34(2)18-7-15(9-27-11-18)16-8-19-23(32-33-24(19)29-10-16)25-30-21-13-28-12-20(22(21)31-25)14-4-3-5-17(26)6-14;24-15-3-1-2-12(4-15)18-10-27-11-19-20(18)30-23(29-19)21-17-6-14(8-28-22(17)32-31-21)13-5-16(25)9-26-7-13;24-16-5-1-3-13(7-16)18-11-26-12-19-20(18)29-23(28-19)21-17-8-15(10-27-22(17)31-30-21)14-4-2-6-25-9-14/h3-5,8-15,31H,6-7H2,1-2H3,(H,33,34)(H,32,35,36);3-13H,1-2H3,(H,30,31)(H,29,32,33);1-11H,25H2,(H,29,30)(H,28,31,32);1-12H,(H,28,29)(H,27,30,31). The molecule has 652 valence electrons. The van der Waals surface area contributed by atoms with Gasteiger partial charge in [-0.15, -0.1) is 0 Å². The number of nitrogens with two attached hydrogens (primary N) is 1. The number of nitrogens with one attached hydrogen (secondary N) is 9. The Morgan fingerprint density at radius 3 is 0.970 bits per heavy atom. The highest BCUT2D eigenvalue weighted by molar-refractivity contribution is 6.02. The lowest BCUT2D eigenvalue weighted by molar-refractivity contribution is 0.425. The number of nitrogens with zero attached hydrogens (tertiary/aromatic N) is 22. The first kappa shape index (κ1) is 82.5. The third-order valence-corrected chi connectivity index (χ3v) is 22.3. The minimum absolute atomic E-state index is 0.307. The van der Waals surface area contributed by atoms with Gasteiger partial charge in [-0.1, -0.05) is 54.6 Å². The molecular formula is C98H72F4N32. The number of aromatic amines is 8. The number of likely N-dealkylation sites (N-methyl/N-ethyl adjacent to an activating group) is 1. The summed E-state index contributed by atoms with van der Waals surface area (Å²) >= 11 is 0. The molecule has 0 aliphatic heterocycles. The summed E-state index contributed by atoms with van der Waals surface area (Å²) in [6.07, 6.45) is 34.7. The van der Waals surface area contributed by atoms with E-state index in [9.17, 15) is 17.6 Å². The normalized spacial score (nSPS) is 11.4. The van der Waals surface area contributed by atoms with Crippen molar-refractivity contribution in [3.8, 4) is 135 Å². The van der Waals surface area contributed by atoms with Crippen molar-refractivity contribution in [2.75, 3.05) is 57.2 Å². The van der Waals surface area contributed by atoms with Gasteiger partial charge in [0.25, 0.3) is 0 Å². The van der Waals surface area contributed by atoms with Gasteiger partial charge >= 0.3 is 0 Å². The summed E-state index contributed by atoms with van der Waals surface area (Å²) in [5.74, 6) is 1.14. The number of rotatable bonds is 17. The predicted octanol–water partition coefficient (Wildman–Crippen LogP) is 18.7. The zero-order valence-corrected chi connectivity index (χ0v) is 71.3. The summed E-state index contributed by atoms with van der Waals surface area (Å²) in [6.45, 7) is 1.74. The Morgan fingerprint density at radius 2 is 0.627 bits per heavy atom. The van der Waals surface area contributed by atoms with Gasteiger partial charge in [-0.2, -0.15) is 20.4 Å². The molecule has 0 unspecified atom stereocenters. The van der Waals surface area contributed by atoms with E-state index < -0.39 is 0 Å². The van der Waals surface area contributed by atoms with Crippen molar-refractivity contribution in [2.24, 2.45) is 0 Å². The van der Waals surface area contributed by atoms with Crippen LogP contribution in [0, 0.1) is 23.3 Å². The lowest BCUT2D eigenvalue weighted by atomic mass is 10.1. The average Bonchev–Trinajstić information content (AvgIpc) is 1.63. The van der Waals surface area contributed by atoms with Gasteiger partial charge in [0.05, 0.1) is 114 Å². The second-order valence-electron chi connectivity index (χ2n) is 31.8. The highest BCUT2D eigenvalue weighted by Crippen LogP contribution is 2.40. The van der Waals surface area contributed by atoms with E-state index in [-0.39, 0.29) is 23.3 Å². The molecule has 4 aromatic carbocycles. The first-order chi connectivity index (χ1) is 65.5. The minimum atomic E-state index is -0.315. The van der Waals surface area contributed by atoms with Crippen LogP contribution in [-0.2, 0) is 0 Å². The van der Waals surface area contributed by atoms with E-state index in [1.165, 1.54) is 48.5 Å². The van der Waals surface area contributed by atoms with Gasteiger partial charge < -0.3 is 40.8 Å². The second-order valence-corrected chi connectivity index (χ2v) is 31.8. The van der Waals surface area contributed by atoms with Crippen molar-refractivity contribution in [2.45, 2.75) is 0 Å². The predicted molar refractivity (Wildman–Crippen MR) is 507 cm³/mol. The molecule has 24 aromatic rings. The number of benzene rings is 4. The van der Waals surface area contributed by atoms with E-state index >= 15 is 0 Å². The SMILES string of the molecule is CN(C)CCNc1cncc(-c2cnc3n[nH]c(-c4nc5c(-c6cccc(F)c6)cncc5[nH]4)c3c2)c1.CN(C)c1cncc(-c2cnc3n[nH]c(-c4nc5c(-c6cccc(F)c6)cncc5[nH]4)c3c2)c1.Fc1cccc(-c2cncc3[nH]c(-c4[nH]nc5ncc(-c6cccnc6)cc45)nc23)c1.Nc1cncc(-c2cnc3n[nH]c(-c4nc5c(-c6cccc(F)c6)cncc5[nH]4)c3c2)c1. The highest BCUT2D eigenvalue weighted by atomic mass is 19.1. The highest BCUT2D eigenvalue weighted by Gasteiger charge is 2.24.